The summed E-state index contributed by atoms with van der Waals surface area (Å²) < 4.78 is 8.98. The Hall–Kier alpha value is -3.92. The van der Waals surface area contributed by atoms with Crippen molar-refractivity contribution in [3.05, 3.63) is 59.0 Å². The third-order valence-electron chi connectivity index (χ3n) is 5.18. The van der Waals surface area contributed by atoms with Crippen LogP contribution in [0.3, 0.4) is 0 Å². The molecule has 0 radical (unpaired) electrons. The molecular formula is C22H20ClN7O3. The molecule has 3 aromatic heterocycles. The van der Waals surface area contributed by atoms with Crippen LogP contribution in [-0.2, 0) is 11.8 Å². The largest absolute Gasteiger partial charge is 0.456 e. The number of rotatable bonds is 6. The highest BCUT2D eigenvalue weighted by Gasteiger charge is 2.30. The number of fused-ring (bicyclic) bond motifs is 1. The van der Waals surface area contributed by atoms with Crippen molar-refractivity contribution >= 4 is 40.7 Å². The minimum atomic E-state index is -0.411. The predicted octanol–water partition coefficient (Wildman–Crippen LogP) is 3.82. The number of carbonyl (C=O) groups is 2. The number of hydrogen-bond acceptors (Lipinski definition) is 6. The average molecular weight is 466 g/mol. The highest BCUT2D eigenvalue weighted by atomic mass is 35.5. The van der Waals surface area contributed by atoms with Crippen molar-refractivity contribution in [3.8, 4) is 11.5 Å². The van der Waals surface area contributed by atoms with E-state index in [1.165, 1.54) is 9.20 Å². The Morgan fingerprint density at radius 1 is 1.09 bits per heavy atom. The number of hydrogen-bond donors (Lipinski definition) is 2. The van der Waals surface area contributed by atoms with Gasteiger partial charge in [-0.05, 0) is 43.5 Å². The van der Waals surface area contributed by atoms with Gasteiger partial charge in [-0.2, -0.15) is 10.1 Å². The second kappa shape index (κ2) is 8.21. The molecule has 11 heteroatoms. The number of aryl methyl sites for hydroxylation is 2. The lowest BCUT2D eigenvalue weighted by Crippen LogP contribution is -2.14. The summed E-state index contributed by atoms with van der Waals surface area (Å²) >= 11 is 6.07. The van der Waals surface area contributed by atoms with Crippen LogP contribution >= 0.6 is 11.6 Å². The first-order chi connectivity index (χ1) is 15.9. The molecule has 0 unspecified atom stereocenters. The van der Waals surface area contributed by atoms with Crippen LogP contribution in [0.5, 0.6) is 11.5 Å². The van der Waals surface area contributed by atoms with Gasteiger partial charge in [-0.3, -0.25) is 19.6 Å². The summed E-state index contributed by atoms with van der Waals surface area (Å²) in [5.41, 5.74) is 2.15. The van der Waals surface area contributed by atoms with E-state index in [-0.39, 0.29) is 28.5 Å². The van der Waals surface area contributed by atoms with E-state index >= 15 is 0 Å². The van der Waals surface area contributed by atoms with Gasteiger partial charge in [0.1, 0.15) is 11.5 Å². The summed E-state index contributed by atoms with van der Waals surface area (Å²) in [4.78, 5) is 28.8. The molecule has 1 saturated carbocycles. The van der Waals surface area contributed by atoms with E-state index in [4.69, 9.17) is 16.3 Å². The van der Waals surface area contributed by atoms with Crippen LogP contribution in [-0.4, -0.2) is 36.2 Å². The normalized spacial score (nSPS) is 13.2. The van der Waals surface area contributed by atoms with Gasteiger partial charge in [-0.25, -0.2) is 4.52 Å². The molecule has 1 aromatic carbocycles. The molecule has 5 rings (SSSR count). The van der Waals surface area contributed by atoms with Gasteiger partial charge in [-0.15, -0.1) is 5.10 Å². The predicted molar refractivity (Wildman–Crippen MR) is 122 cm³/mol. The minimum absolute atomic E-state index is 0.0522. The molecule has 1 aliphatic rings. The Bertz CT molecular complexity index is 1390. The zero-order valence-corrected chi connectivity index (χ0v) is 18.6. The summed E-state index contributed by atoms with van der Waals surface area (Å²) in [5.74, 6) is 0.901. The summed E-state index contributed by atoms with van der Waals surface area (Å²) in [6, 6.07) is 8.85. The number of halogens is 1. The highest BCUT2D eigenvalue weighted by Crippen LogP contribution is 2.30. The number of nitrogens with one attached hydrogen (secondary N) is 2. The molecule has 168 valence electrons. The maximum Gasteiger partial charge on any atom is 0.277 e. The van der Waals surface area contributed by atoms with Gasteiger partial charge in [0.25, 0.3) is 5.91 Å². The van der Waals surface area contributed by atoms with Gasteiger partial charge >= 0.3 is 0 Å². The van der Waals surface area contributed by atoms with E-state index in [2.05, 4.69) is 25.8 Å². The maximum absolute atomic E-state index is 12.6. The summed E-state index contributed by atoms with van der Waals surface area (Å²) in [6.45, 7) is 1.87. The van der Waals surface area contributed by atoms with E-state index in [0.29, 0.717) is 22.8 Å². The number of carbonyl (C=O) groups excluding carboxylic acids is 2. The molecule has 1 fully saturated rings. The molecule has 0 aliphatic heterocycles. The Morgan fingerprint density at radius 3 is 2.61 bits per heavy atom. The number of pyridine rings is 1. The number of ether oxygens (including phenoxy) is 1. The van der Waals surface area contributed by atoms with Crippen LogP contribution in [0.25, 0.3) is 5.65 Å². The van der Waals surface area contributed by atoms with Gasteiger partial charge in [0, 0.05) is 30.9 Å². The molecule has 0 saturated heterocycles. The number of amides is 2. The molecule has 10 nitrogen and oxygen atoms in total. The highest BCUT2D eigenvalue weighted by molar-refractivity contribution is 6.34. The number of benzene rings is 1. The zero-order chi connectivity index (χ0) is 23.1. The van der Waals surface area contributed by atoms with E-state index < -0.39 is 5.91 Å². The van der Waals surface area contributed by atoms with Crippen molar-refractivity contribution < 1.29 is 14.3 Å². The van der Waals surface area contributed by atoms with Crippen molar-refractivity contribution in [1.82, 2.24) is 24.4 Å². The monoisotopic (exact) mass is 465 g/mol. The lowest BCUT2D eigenvalue weighted by molar-refractivity contribution is -0.117. The van der Waals surface area contributed by atoms with Gasteiger partial charge < -0.3 is 10.1 Å². The first kappa shape index (κ1) is 21.0. The number of nitrogens with zero attached hydrogens (tertiary/aromatic N) is 5. The number of anilines is 2. The summed E-state index contributed by atoms with van der Waals surface area (Å²) in [7, 11) is 1.69. The molecular weight excluding hydrogens is 446 g/mol. The molecule has 0 bridgehead atoms. The first-order valence-electron chi connectivity index (χ1n) is 10.3. The molecule has 4 aromatic rings. The van der Waals surface area contributed by atoms with Crippen molar-refractivity contribution in [1.29, 1.82) is 0 Å². The molecule has 0 spiro atoms. The minimum Gasteiger partial charge on any atom is -0.456 e. The summed E-state index contributed by atoms with van der Waals surface area (Å²) in [6.07, 6.45) is 5.04. The fraction of sp³-hybridized carbons (Fsp3) is 0.227. The lowest BCUT2D eigenvalue weighted by atomic mass is 10.2. The quantitative estimate of drug-likeness (QED) is 0.447. The van der Waals surface area contributed by atoms with Crippen LogP contribution in [0.2, 0.25) is 5.02 Å². The standard InChI is InChI=1S/C22H20ClN7O3/c1-12-3-6-14(9-17(12)24-21(32)19-16(23)11-29(2)27-19)33-15-7-8-18-25-22(28-30(18)10-15)26-20(31)13-4-5-13/h3,6-11,13H,4-5H2,1-2H3,(H,24,32)(H,26,28,31). The Kier molecular flexibility index (Phi) is 5.21. The van der Waals surface area contributed by atoms with Gasteiger partial charge in [0.05, 0.1) is 11.2 Å². The average Bonchev–Trinajstić information content (AvgIpc) is 3.46. The van der Waals surface area contributed by atoms with Crippen molar-refractivity contribution in [2.75, 3.05) is 10.6 Å². The van der Waals surface area contributed by atoms with Crippen molar-refractivity contribution in [3.63, 3.8) is 0 Å². The van der Waals surface area contributed by atoms with Crippen LogP contribution < -0.4 is 15.4 Å². The van der Waals surface area contributed by atoms with E-state index in [9.17, 15) is 9.59 Å². The van der Waals surface area contributed by atoms with E-state index in [1.807, 2.05) is 13.0 Å². The second-order valence-corrected chi connectivity index (χ2v) is 8.31. The zero-order valence-electron chi connectivity index (χ0n) is 17.9. The van der Waals surface area contributed by atoms with Crippen molar-refractivity contribution in [2.45, 2.75) is 19.8 Å². The fourth-order valence-corrected chi connectivity index (χ4v) is 3.53. The van der Waals surface area contributed by atoms with Crippen LogP contribution in [0.1, 0.15) is 28.9 Å². The second-order valence-electron chi connectivity index (χ2n) is 7.90. The third kappa shape index (κ3) is 4.51. The molecule has 1 aliphatic carbocycles. The number of aromatic nitrogens is 5. The Morgan fingerprint density at radius 2 is 1.88 bits per heavy atom. The SMILES string of the molecule is Cc1ccc(Oc2ccc3nc(NC(=O)C4CC4)nn3c2)cc1NC(=O)c1nn(C)cc1Cl. The summed E-state index contributed by atoms with van der Waals surface area (Å²) in [5, 5.41) is 14.2. The smallest absolute Gasteiger partial charge is 0.277 e. The van der Waals surface area contributed by atoms with Crippen molar-refractivity contribution in [2.24, 2.45) is 13.0 Å². The molecule has 0 atom stereocenters. The molecule has 2 amide bonds. The van der Waals surface area contributed by atoms with Crippen LogP contribution in [0.15, 0.2) is 42.7 Å². The van der Waals surface area contributed by atoms with Crippen LogP contribution in [0, 0.1) is 12.8 Å². The maximum atomic E-state index is 12.6. The van der Waals surface area contributed by atoms with Crippen LogP contribution in [0.4, 0.5) is 11.6 Å². The lowest BCUT2D eigenvalue weighted by Gasteiger charge is -2.11. The fourth-order valence-electron chi connectivity index (χ4n) is 3.27. The Labute approximate surface area is 193 Å². The molecule has 2 N–H and O–H groups in total. The molecule has 33 heavy (non-hydrogen) atoms. The van der Waals surface area contributed by atoms with Gasteiger partial charge in [-0.1, -0.05) is 17.7 Å². The van der Waals surface area contributed by atoms with Gasteiger partial charge in [0.2, 0.25) is 11.9 Å². The topological polar surface area (TPSA) is 115 Å². The van der Waals surface area contributed by atoms with E-state index in [0.717, 1.165) is 18.4 Å². The Balaban J connectivity index is 1.32. The first-order valence-corrected chi connectivity index (χ1v) is 10.7. The van der Waals surface area contributed by atoms with E-state index in [1.54, 1.807) is 43.7 Å². The van der Waals surface area contributed by atoms with Gasteiger partial charge in [0.15, 0.2) is 11.3 Å². The third-order valence-corrected chi connectivity index (χ3v) is 5.46. The molecule has 3 heterocycles.